The quantitative estimate of drug-likeness (QED) is 0.127. The number of aromatic hydroxyl groups is 1. The maximum Gasteiger partial charge on any atom is 0.302 e. The van der Waals surface area contributed by atoms with E-state index in [0.717, 1.165) is 68.7 Å². The van der Waals surface area contributed by atoms with Crippen molar-refractivity contribution in [2.45, 2.75) is 121 Å². The molecule has 0 radical (unpaired) electrons. The largest absolute Gasteiger partial charge is 0.504 e. The normalized spacial score (nSPS) is 36.2. The van der Waals surface area contributed by atoms with Crippen LogP contribution >= 0.6 is 21.6 Å². The Labute approximate surface area is 322 Å². The molecule has 1 unspecified atom stereocenters. The summed E-state index contributed by atoms with van der Waals surface area (Å²) in [5.74, 6) is 8.84. The van der Waals surface area contributed by atoms with Crippen LogP contribution in [-0.4, -0.2) is 106 Å². The number of carbonyl (C=O) groups is 1. The molecule has 2 fully saturated rings. The van der Waals surface area contributed by atoms with Crippen molar-refractivity contribution in [2.75, 3.05) is 37.7 Å². The Morgan fingerprint density at radius 3 is 2.74 bits per heavy atom. The number of benzene rings is 1. The molecule has 2 aliphatic carbocycles. The SMILES string of the molecule is CC(=O)O[C@H]1C[C@@H](O)CC[C@]2([C@H](C)O)C#C[C@H]3C[C@H]4CC[C@@H](NCCSSCCNC(N)=NC2)[C@]2(C4)C[C@@H](CCN2)Oc2cc(c(CO)cc2O)CC13. The van der Waals surface area contributed by atoms with Crippen LogP contribution in [0.5, 0.6) is 11.5 Å². The summed E-state index contributed by atoms with van der Waals surface area (Å²) in [7, 11) is 3.63. The first-order chi connectivity index (χ1) is 25.5. The number of rotatable bonds is 3. The third kappa shape index (κ3) is 9.90. The number of guanidine groups is 1. The molecule has 3 aliphatic heterocycles. The van der Waals surface area contributed by atoms with E-state index in [0.29, 0.717) is 43.1 Å². The smallest absolute Gasteiger partial charge is 0.302 e. The Bertz CT molecular complexity index is 1520. The fourth-order valence-corrected chi connectivity index (χ4v) is 11.2. The van der Waals surface area contributed by atoms with Crippen LogP contribution in [0.25, 0.3) is 0 Å². The van der Waals surface area contributed by atoms with Crippen molar-refractivity contribution in [3.63, 3.8) is 0 Å². The van der Waals surface area contributed by atoms with Crippen molar-refractivity contribution in [1.29, 1.82) is 0 Å². The highest BCUT2D eigenvalue weighted by Crippen LogP contribution is 2.46. The fourth-order valence-electron chi connectivity index (χ4n) is 9.36. The second-order valence-electron chi connectivity index (χ2n) is 15.9. The number of fused-ring (bicyclic) bond motifs is 6. The van der Waals surface area contributed by atoms with Crippen molar-refractivity contribution in [3.8, 4) is 23.3 Å². The van der Waals surface area contributed by atoms with E-state index in [-0.39, 0.29) is 60.8 Å². The lowest BCUT2D eigenvalue weighted by atomic mass is 9.64. The second kappa shape index (κ2) is 18.0. The minimum Gasteiger partial charge on any atom is -0.504 e. The summed E-state index contributed by atoms with van der Waals surface area (Å²) in [5.41, 5.74) is 6.45. The molecule has 9 N–H and O–H groups in total. The molecule has 12 nitrogen and oxygen atoms in total. The molecule has 10 atom stereocenters. The van der Waals surface area contributed by atoms with Gasteiger partial charge in [-0.3, -0.25) is 9.79 Å². The van der Waals surface area contributed by atoms with E-state index in [2.05, 4.69) is 32.8 Å². The molecule has 3 heterocycles. The van der Waals surface area contributed by atoms with Crippen LogP contribution in [0.2, 0.25) is 0 Å². The number of aliphatic imine (C=N–C) groups is 1. The van der Waals surface area contributed by atoms with Crippen LogP contribution in [0, 0.1) is 35.0 Å². The zero-order valence-corrected chi connectivity index (χ0v) is 32.8. The molecule has 1 saturated carbocycles. The van der Waals surface area contributed by atoms with Gasteiger partial charge in [0.05, 0.1) is 30.8 Å². The average molecular weight is 774 g/mol. The summed E-state index contributed by atoms with van der Waals surface area (Å²) in [6.07, 6.45) is 3.93. The first-order valence-electron chi connectivity index (χ1n) is 19.4. The van der Waals surface area contributed by atoms with E-state index < -0.39 is 29.7 Å². The van der Waals surface area contributed by atoms with Gasteiger partial charge in [-0.25, -0.2) is 0 Å². The molecule has 0 amide bonds. The van der Waals surface area contributed by atoms with Gasteiger partial charge in [0.1, 0.15) is 12.2 Å². The van der Waals surface area contributed by atoms with Gasteiger partial charge in [0.25, 0.3) is 0 Å². The number of hydrogen-bond acceptors (Lipinski definition) is 14. The molecule has 0 aromatic heterocycles. The lowest BCUT2D eigenvalue weighted by molar-refractivity contribution is -0.152. The number of esters is 1. The Morgan fingerprint density at radius 2 is 1.96 bits per heavy atom. The zero-order valence-electron chi connectivity index (χ0n) is 31.1. The number of nitrogens with zero attached hydrogens (tertiary/aromatic N) is 1. The van der Waals surface area contributed by atoms with Crippen LogP contribution < -0.4 is 26.4 Å². The molecule has 6 rings (SSSR count). The van der Waals surface area contributed by atoms with Gasteiger partial charge < -0.3 is 51.6 Å². The lowest BCUT2D eigenvalue weighted by Crippen LogP contribution is -2.66. The molecule has 1 spiro atoms. The predicted molar refractivity (Wildman–Crippen MR) is 210 cm³/mol. The van der Waals surface area contributed by atoms with Gasteiger partial charge in [-0.05, 0) is 94.0 Å². The Hall–Kier alpha value is -2.38. The highest BCUT2D eigenvalue weighted by atomic mass is 33.1. The van der Waals surface area contributed by atoms with Crippen LogP contribution in [0.15, 0.2) is 17.1 Å². The average Bonchev–Trinajstić information content (AvgIpc) is 3.11. The minimum absolute atomic E-state index is 0.0198. The van der Waals surface area contributed by atoms with E-state index in [1.165, 1.54) is 6.92 Å². The van der Waals surface area contributed by atoms with Crippen molar-refractivity contribution in [2.24, 2.45) is 33.9 Å². The number of piperidine rings is 1. The van der Waals surface area contributed by atoms with Gasteiger partial charge in [-0.15, -0.1) is 0 Å². The number of aliphatic hydroxyl groups is 3. The summed E-state index contributed by atoms with van der Waals surface area (Å²) < 4.78 is 12.8. The molecule has 1 saturated heterocycles. The molecular formula is C39H59N5O7S2. The topological polar surface area (TPSA) is 191 Å². The van der Waals surface area contributed by atoms with Crippen molar-refractivity contribution >= 4 is 33.5 Å². The molecule has 53 heavy (non-hydrogen) atoms. The highest BCUT2D eigenvalue weighted by molar-refractivity contribution is 8.76. The number of ether oxygens (including phenoxy) is 2. The van der Waals surface area contributed by atoms with E-state index >= 15 is 0 Å². The third-order valence-electron chi connectivity index (χ3n) is 12.2. The highest BCUT2D eigenvalue weighted by Gasteiger charge is 2.49. The van der Waals surface area contributed by atoms with Gasteiger partial charge in [-0.1, -0.05) is 33.4 Å². The van der Waals surface area contributed by atoms with E-state index in [9.17, 15) is 25.2 Å². The Morgan fingerprint density at radius 1 is 1.15 bits per heavy atom. The maximum atomic E-state index is 12.7. The summed E-state index contributed by atoms with van der Waals surface area (Å²) in [4.78, 5) is 17.4. The number of hydrogen-bond donors (Lipinski definition) is 8. The Balaban J connectivity index is 1.53. The van der Waals surface area contributed by atoms with Crippen molar-refractivity contribution in [3.05, 3.63) is 23.3 Å². The molecule has 1 aromatic rings. The molecule has 1 aromatic carbocycles. The molecule has 14 heteroatoms. The fraction of sp³-hybridized carbons (Fsp3) is 0.744. The maximum absolute atomic E-state index is 12.7. The molecule has 8 bridgehead atoms. The van der Waals surface area contributed by atoms with Crippen molar-refractivity contribution in [1.82, 2.24) is 16.0 Å². The first kappa shape index (κ1) is 40.3. The van der Waals surface area contributed by atoms with Gasteiger partial charge in [0.2, 0.25) is 0 Å². The predicted octanol–water partition coefficient (Wildman–Crippen LogP) is 2.84. The van der Waals surface area contributed by atoms with Gasteiger partial charge in [0.15, 0.2) is 17.5 Å². The molecule has 5 aliphatic rings. The monoisotopic (exact) mass is 773 g/mol. The summed E-state index contributed by atoms with van der Waals surface area (Å²) >= 11 is 0. The standard InChI is InChI=1S/C39H59N5O7S2/c1-24(46)38-8-5-27-15-26-3-4-36(41-11-13-52-53-14-12-42-37(40)43-23-38)39(20-26)21-31(7-10-44-39)51-35-18-28(29(22-45)17-33(35)49)16-32(27)34(50-25(2)47)19-30(48)6-9-38/h17-18,24,26-27,30-32,34,36,41,44-46,48-49H,3-4,6-7,9-16,19-23H2,1-2H3,(H3,40,42,43)/t24-,26+,27-,30-,31+,32?,34-,36+,38+,39-/m0/s1. The van der Waals surface area contributed by atoms with E-state index in [1.807, 2.05) is 16.9 Å². The summed E-state index contributed by atoms with van der Waals surface area (Å²) in [6.45, 7) is 5.30. The second-order valence-corrected chi connectivity index (χ2v) is 18.6. The molecular weight excluding hydrogens is 715 g/mol. The summed E-state index contributed by atoms with van der Waals surface area (Å²) in [6, 6.07) is 3.64. The number of nitrogens with two attached hydrogens (primary N) is 1. The van der Waals surface area contributed by atoms with Crippen LogP contribution in [-0.2, 0) is 22.6 Å². The number of phenols is 1. The first-order valence-corrected chi connectivity index (χ1v) is 21.9. The molecule has 294 valence electrons. The lowest BCUT2D eigenvalue weighted by Gasteiger charge is -2.52. The van der Waals surface area contributed by atoms with Gasteiger partial charge in [-0.2, -0.15) is 0 Å². The number of aliphatic hydroxyl groups excluding tert-OH is 3. The van der Waals surface area contributed by atoms with Crippen LogP contribution in [0.3, 0.4) is 0 Å². The van der Waals surface area contributed by atoms with E-state index in [1.54, 1.807) is 23.8 Å². The van der Waals surface area contributed by atoms with E-state index in [4.69, 9.17) is 15.2 Å². The van der Waals surface area contributed by atoms with Crippen molar-refractivity contribution < 1.29 is 34.7 Å². The number of phenolic OH excluding ortho intramolecular Hbond substituents is 1. The van der Waals surface area contributed by atoms with Crippen LogP contribution in [0.4, 0.5) is 0 Å². The minimum atomic E-state index is -0.977. The zero-order chi connectivity index (χ0) is 37.6. The summed E-state index contributed by atoms with van der Waals surface area (Å²) in [5, 5.41) is 55.8. The van der Waals surface area contributed by atoms with Gasteiger partial charge in [0, 0.05) is 67.8 Å². The van der Waals surface area contributed by atoms with Crippen LogP contribution in [0.1, 0.15) is 82.8 Å². The third-order valence-corrected chi connectivity index (χ3v) is 14.6. The van der Waals surface area contributed by atoms with Gasteiger partial charge >= 0.3 is 5.97 Å². The number of nitrogens with one attached hydrogen (secondary N) is 3. The Kier molecular flexibility index (Phi) is 13.7. The number of carbonyl (C=O) groups excluding carboxylic acids is 1.